The highest BCUT2D eigenvalue weighted by molar-refractivity contribution is 6.18. The molecule has 1 aromatic carbocycles. The summed E-state index contributed by atoms with van der Waals surface area (Å²) in [6.45, 7) is 2.23. The second-order valence-electron chi connectivity index (χ2n) is 5.25. The van der Waals surface area contributed by atoms with Gasteiger partial charge in [0, 0.05) is 44.0 Å². The summed E-state index contributed by atoms with van der Waals surface area (Å²) in [5, 5.41) is 0. The summed E-state index contributed by atoms with van der Waals surface area (Å²) in [6, 6.07) is 5.44. The van der Waals surface area contributed by atoms with E-state index in [2.05, 4.69) is 9.97 Å². The van der Waals surface area contributed by atoms with Crippen LogP contribution in [-0.2, 0) is 4.79 Å². The summed E-state index contributed by atoms with van der Waals surface area (Å²) in [4.78, 5) is 35.0. The van der Waals surface area contributed by atoms with Gasteiger partial charge in [-0.05, 0) is 18.2 Å². The number of amides is 2. The molecular formula is C15H17ClN4O2. The summed E-state index contributed by atoms with van der Waals surface area (Å²) in [6.07, 6.45) is 1.96. The smallest absolute Gasteiger partial charge is 0.254 e. The number of imidazole rings is 1. The normalized spacial score (nSPS) is 15.3. The molecule has 1 aromatic heterocycles. The Morgan fingerprint density at radius 1 is 1.18 bits per heavy atom. The van der Waals surface area contributed by atoms with Gasteiger partial charge in [0.2, 0.25) is 5.91 Å². The van der Waals surface area contributed by atoms with Gasteiger partial charge in [0.15, 0.2) is 0 Å². The summed E-state index contributed by atoms with van der Waals surface area (Å²) in [5.41, 5.74) is 2.33. The average molecular weight is 321 g/mol. The van der Waals surface area contributed by atoms with Crippen LogP contribution in [0.5, 0.6) is 0 Å². The molecule has 6 nitrogen and oxygen atoms in total. The molecule has 1 aliphatic rings. The largest absolute Gasteiger partial charge is 0.345 e. The minimum atomic E-state index is -0.0130. The fraction of sp³-hybridized carbons (Fsp3) is 0.400. The van der Waals surface area contributed by atoms with Crippen molar-refractivity contribution in [2.45, 2.75) is 6.42 Å². The molecule has 0 unspecified atom stereocenters. The van der Waals surface area contributed by atoms with Gasteiger partial charge in [-0.1, -0.05) is 0 Å². The van der Waals surface area contributed by atoms with Crippen molar-refractivity contribution in [3.05, 3.63) is 30.1 Å². The van der Waals surface area contributed by atoms with Gasteiger partial charge in [0.05, 0.1) is 17.4 Å². The van der Waals surface area contributed by atoms with Gasteiger partial charge in [0.1, 0.15) is 0 Å². The number of carbonyl (C=O) groups is 2. The first-order valence-corrected chi connectivity index (χ1v) is 7.78. The molecule has 22 heavy (non-hydrogen) atoms. The molecule has 3 rings (SSSR count). The van der Waals surface area contributed by atoms with Gasteiger partial charge < -0.3 is 14.8 Å². The van der Waals surface area contributed by atoms with E-state index in [0.29, 0.717) is 44.0 Å². The van der Waals surface area contributed by atoms with Crippen LogP contribution in [0.4, 0.5) is 0 Å². The van der Waals surface area contributed by atoms with Gasteiger partial charge in [0.25, 0.3) is 5.91 Å². The van der Waals surface area contributed by atoms with Gasteiger partial charge >= 0.3 is 0 Å². The predicted molar refractivity (Wildman–Crippen MR) is 83.9 cm³/mol. The zero-order valence-electron chi connectivity index (χ0n) is 12.1. The quantitative estimate of drug-likeness (QED) is 0.871. The maximum absolute atomic E-state index is 12.5. The van der Waals surface area contributed by atoms with E-state index < -0.39 is 0 Å². The Balaban J connectivity index is 1.65. The van der Waals surface area contributed by atoms with Crippen LogP contribution < -0.4 is 0 Å². The number of aromatic nitrogens is 2. The van der Waals surface area contributed by atoms with Gasteiger partial charge in [-0.15, -0.1) is 11.6 Å². The van der Waals surface area contributed by atoms with Crippen molar-refractivity contribution in [1.29, 1.82) is 0 Å². The first-order chi connectivity index (χ1) is 10.7. The number of hydrogen-bond acceptors (Lipinski definition) is 3. The Labute approximate surface area is 133 Å². The van der Waals surface area contributed by atoms with E-state index in [1.54, 1.807) is 22.2 Å². The number of alkyl halides is 1. The summed E-state index contributed by atoms with van der Waals surface area (Å²) in [7, 11) is 0. The first-order valence-electron chi connectivity index (χ1n) is 7.25. The van der Waals surface area contributed by atoms with Gasteiger partial charge in [-0.2, -0.15) is 0 Å². The maximum Gasteiger partial charge on any atom is 0.254 e. The predicted octanol–water partition coefficient (Wildman–Crippen LogP) is 1.48. The third-order valence-electron chi connectivity index (χ3n) is 3.90. The molecule has 7 heteroatoms. The summed E-state index contributed by atoms with van der Waals surface area (Å²) < 4.78 is 0. The standard InChI is InChI=1S/C15H17ClN4O2/c16-4-3-14(21)19-5-7-20(8-6-19)15(22)11-1-2-12-13(9-11)18-10-17-12/h1-2,9-10H,3-8H2,(H,17,18). The van der Waals surface area contributed by atoms with Crippen LogP contribution in [0.2, 0.25) is 0 Å². The number of rotatable bonds is 3. The minimum absolute atomic E-state index is 0.0130. The van der Waals surface area contributed by atoms with Crippen LogP contribution in [0, 0.1) is 0 Å². The molecule has 1 fully saturated rings. The number of aromatic amines is 1. The van der Waals surface area contributed by atoms with Crippen molar-refractivity contribution < 1.29 is 9.59 Å². The molecule has 2 amide bonds. The van der Waals surface area contributed by atoms with Crippen LogP contribution >= 0.6 is 11.6 Å². The van der Waals surface area contributed by atoms with Crippen molar-refractivity contribution in [3.8, 4) is 0 Å². The Hall–Kier alpha value is -2.08. The van der Waals surface area contributed by atoms with E-state index in [1.165, 1.54) is 0 Å². The molecule has 1 saturated heterocycles. The Kier molecular flexibility index (Phi) is 4.29. The van der Waals surface area contributed by atoms with E-state index in [9.17, 15) is 9.59 Å². The van der Waals surface area contributed by atoms with Crippen molar-refractivity contribution in [1.82, 2.24) is 19.8 Å². The van der Waals surface area contributed by atoms with Crippen LogP contribution in [-0.4, -0.2) is 63.6 Å². The SMILES string of the molecule is O=C(CCCl)N1CCN(C(=O)c2ccc3nc[nH]c3c2)CC1. The molecular weight excluding hydrogens is 304 g/mol. The minimum Gasteiger partial charge on any atom is -0.345 e. The number of piperazine rings is 1. The lowest BCUT2D eigenvalue weighted by Crippen LogP contribution is -2.50. The van der Waals surface area contributed by atoms with Crippen LogP contribution in [0.15, 0.2) is 24.5 Å². The lowest BCUT2D eigenvalue weighted by molar-refractivity contribution is -0.132. The number of H-pyrrole nitrogens is 1. The highest BCUT2D eigenvalue weighted by atomic mass is 35.5. The molecule has 1 aliphatic heterocycles. The van der Waals surface area contributed by atoms with Gasteiger partial charge in [-0.25, -0.2) is 4.98 Å². The van der Waals surface area contributed by atoms with E-state index >= 15 is 0 Å². The average Bonchev–Trinajstić information content (AvgIpc) is 3.02. The third-order valence-corrected chi connectivity index (χ3v) is 4.08. The fourth-order valence-electron chi connectivity index (χ4n) is 2.65. The van der Waals surface area contributed by atoms with Crippen LogP contribution in [0.25, 0.3) is 11.0 Å². The van der Waals surface area contributed by atoms with Crippen molar-refractivity contribution in [2.75, 3.05) is 32.1 Å². The number of nitrogens with zero attached hydrogens (tertiary/aromatic N) is 3. The molecule has 0 atom stereocenters. The molecule has 1 N–H and O–H groups in total. The number of fused-ring (bicyclic) bond motifs is 1. The molecule has 0 bridgehead atoms. The van der Waals surface area contributed by atoms with Crippen molar-refractivity contribution >= 4 is 34.4 Å². The zero-order valence-corrected chi connectivity index (χ0v) is 12.8. The fourth-order valence-corrected chi connectivity index (χ4v) is 2.81. The lowest BCUT2D eigenvalue weighted by Gasteiger charge is -2.34. The Bertz CT molecular complexity index is 692. The number of hydrogen-bond donors (Lipinski definition) is 1. The molecule has 2 heterocycles. The van der Waals surface area contributed by atoms with Crippen molar-refractivity contribution in [2.24, 2.45) is 0 Å². The highest BCUT2D eigenvalue weighted by Gasteiger charge is 2.24. The number of halogens is 1. The van der Waals surface area contributed by atoms with E-state index in [0.717, 1.165) is 11.0 Å². The second-order valence-corrected chi connectivity index (χ2v) is 5.62. The maximum atomic E-state index is 12.5. The molecule has 0 saturated carbocycles. The Morgan fingerprint density at radius 2 is 1.91 bits per heavy atom. The monoisotopic (exact) mass is 320 g/mol. The molecule has 0 spiro atoms. The summed E-state index contributed by atoms with van der Waals surface area (Å²) in [5.74, 6) is 0.379. The highest BCUT2D eigenvalue weighted by Crippen LogP contribution is 2.15. The Morgan fingerprint density at radius 3 is 2.64 bits per heavy atom. The number of benzene rings is 1. The van der Waals surface area contributed by atoms with Crippen LogP contribution in [0.1, 0.15) is 16.8 Å². The number of carbonyl (C=O) groups excluding carboxylic acids is 2. The lowest BCUT2D eigenvalue weighted by atomic mass is 10.1. The molecule has 2 aromatic rings. The first kappa shape index (κ1) is 14.8. The van der Waals surface area contributed by atoms with E-state index in [4.69, 9.17) is 11.6 Å². The van der Waals surface area contributed by atoms with Crippen molar-refractivity contribution in [3.63, 3.8) is 0 Å². The summed E-state index contributed by atoms with van der Waals surface area (Å²) >= 11 is 5.59. The third kappa shape index (κ3) is 2.92. The molecule has 0 aliphatic carbocycles. The molecule has 0 radical (unpaired) electrons. The topological polar surface area (TPSA) is 69.3 Å². The second kappa shape index (κ2) is 6.36. The zero-order chi connectivity index (χ0) is 15.5. The van der Waals surface area contributed by atoms with E-state index in [-0.39, 0.29) is 11.8 Å². The van der Waals surface area contributed by atoms with Crippen LogP contribution in [0.3, 0.4) is 0 Å². The van der Waals surface area contributed by atoms with E-state index in [1.807, 2.05) is 12.1 Å². The van der Waals surface area contributed by atoms with Gasteiger partial charge in [-0.3, -0.25) is 9.59 Å². The number of nitrogens with one attached hydrogen (secondary N) is 1. The molecule has 116 valence electrons.